The molecule has 0 amide bonds. The van der Waals surface area contributed by atoms with Gasteiger partial charge in [0.05, 0.1) is 0 Å². The van der Waals surface area contributed by atoms with Crippen LogP contribution in [0.4, 0.5) is 8.78 Å². The summed E-state index contributed by atoms with van der Waals surface area (Å²) < 4.78 is 26.9. The van der Waals surface area contributed by atoms with E-state index in [0.717, 1.165) is 12.5 Å². The van der Waals surface area contributed by atoms with Gasteiger partial charge in [-0.25, -0.2) is 8.78 Å². The molecule has 2 N–H and O–H groups in total. The Bertz CT molecular complexity index is 505. The average Bonchev–Trinajstić information content (AvgIpc) is 2.38. The summed E-state index contributed by atoms with van der Waals surface area (Å²) in [6.07, 6.45) is 3.00. The Morgan fingerprint density at radius 2 is 2.25 bits per heavy atom. The third-order valence-corrected chi connectivity index (χ3v) is 3.78. The van der Waals surface area contributed by atoms with E-state index in [2.05, 4.69) is 5.32 Å². The largest absolute Gasteiger partial charge is 0.480 e. The molecular formula is C15H19F2NO2. The molecule has 0 saturated carbocycles. The van der Waals surface area contributed by atoms with Crippen molar-refractivity contribution in [1.82, 2.24) is 5.32 Å². The number of hydrogen-bond donors (Lipinski definition) is 2. The van der Waals surface area contributed by atoms with Crippen molar-refractivity contribution in [3.05, 3.63) is 34.9 Å². The van der Waals surface area contributed by atoms with Gasteiger partial charge in [-0.15, -0.1) is 0 Å². The van der Waals surface area contributed by atoms with Gasteiger partial charge in [-0.2, -0.15) is 0 Å². The van der Waals surface area contributed by atoms with E-state index in [1.807, 2.05) is 6.92 Å². The van der Waals surface area contributed by atoms with Crippen molar-refractivity contribution < 1.29 is 18.7 Å². The van der Waals surface area contributed by atoms with E-state index < -0.39 is 23.6 Å². The minimum atomic E-state index is -0.878. The molecule has 1 aliphatic carbocycles. The van der Waals surface area contributed by atoms with Crippen LogP contribution in [-0.4, -0.2) is 23.2 Å². The Morgan fingerprint density at radius 1 is 1.50 bits per heavy atom. The van der Waals surface area contributed by atoms with Gasteiger partial charge < -0.3 is 10.4 Å². The Labute approximate surface area is 117 Å². The van der Waals surface area contributed by atoms with Crippen LogP contribution in [0.5, 0.6) is 0 Å². The molecule has 2 atom stereocenters. The van der Waals surface area contributed by atoms with Crippen LogP contribution in [0, 0.1) is 11.6 Å². The van der Waals surface area contributed by atoms with Crippen molar-refractivity contribution in [3.63, 3.8) is 0 Å². The van der Waals surface area contributed by atoms with Crippen LogP contribution in [0.1, 0.15) is 37.3 Å². The second kappa shape index (κ2) is 6.31. The summed E-state index contributed by atoms with van der Waals surface area (Å²) in [5.74, 6) is -1.96. The van der Waals surface area contributed by atoms with Crippen molar-refractivity contribution in [2.24, 2.45) is 0 Å². The van der Waals surface area contributed by atoms with E-state index in [-0.39, 0.29) is 6.04 Å². The maximum absolute atomic E-state index is 13.8. The van der Waals surface area contributed by atoms with Crippen LogP contribution in [0.15, 0.2) is 12.1 Å². The van der Waals surface area contributed by atoms with Gasteiger partial charge in [-0.1, -0.05) is 13.3 Å². The Kier molecular flexibility index (Phi) is 4.70. The number of aliphatic carboxylic acids is 1. The smallest absolute Gasteiger partial charge is 0.320 e. The number of nitrogens with one attached hydrogen (secondary N) is 1. The zero-order valence-corrected chi connectivity index (χ0v) is 11.5. The maximum Gasteiger partial charge on any atom is 0.320 e. The summed E-state index contributed by atoms with van der Waals surface area (Å²) in [4.78, 5) is 11.1. The maximum atomic E-state index is 13.8. The molecule has 110 valence electrons. The third kappa shape index (κ3) is 3.33. The molecule has 0 radical (unpaired) electrons. The molecular weight excluding hydrogens is 264 g/mol. The fourth-order valence-corrected chi connectivity index (χ4v) is 2.78. The monoisotopic (exact) mass is 283 g/mol. The van der Waals surface area contributed by atoms with Crippen LogP contribution in [0.2, 0.25) is 0 Å². The first-order valence-electron chi connectivity index (χ1n) is 6.97. The predicted molar refractivity (Wildman–Crippen MR) is 71.6 cm³/mol. The molecule has 20 heavy (non-hydrogen) atoms. The van der Waals surface area contributed by atoms with Crippen LogP contribution in [-0.2, 0) is 17.6 Å². The molecule has 0 bridgehead atoms. The van der Waals surface area contributed by atoms with Crippen LogP contribution in [0.25, 0.3) is 0 Å². The van der Waals surface area contributed by atoms with Crippen LogP contribution >= 0.6 is 0 Å². The number of aryl methyl sites for hydroxylation is 1. The molecule has 0 spiro atoms. The molecule has 3 nitrogen and oxygen atoms in total. The number of rotatable bonds is 5. The van der Waals surface area contributed by atoms with Gasteiger partial charge in [0.15, 0.2) is 0 Å². The molecule has 0 heterocycles. The Morgan fingerprint density at radius 3 is 2.90 bits per heavy atom. The predicted octanol–water partition coefficient (Wildman–Crippen LogP) is 2.67. The Hall–Kier alpha value is -1.49. The lowest BCUT2D eigenvalue weighted by Gasteiger charge is -2.28. The first-order chi connectivity index (χ1) is 9.51. The van der Waals surface area contributed by atoms with Gasteiger partial charge in [0.2, 0.25) is 0 Å². The highest BCUT2D eigenvalue weighted by atomic mass is 19.1. The normalized spacial score (nSPS) is 19.4. The highest BCUT2D eigenvalue weighted by Gasteiger charge is 2.26. The SMILES string of the molecule is CCCC(N[C@H]1CCc2cc(F)cc(F)c2C1)C(=O)O. The van der Waals surface area contributed by atoms with Crippen molar-refractivity contribution in [1.29, 1.82) is 0 Å². The first kappa shape index (κ1) is 14.9. The van der Waals surface area contributed by atoms with Gasteiger partial charge in [-0.05, 0) is 42.9 Å². The molecule has 1 aromatic rings. The fraction of sp³-hybridized carbons (Fsp3) is 0.533. The molecule has 0 saturated heterocycles. The van der Waals surface area contributed by atoms with E-state index in [1.165, 1.54) is 6.07 Å². The van der Waals surface area contributed by atoms with Crippen LogP contribution in [0.3, 0.4) is 0 Å². The number of benzene rings is 1. The van der Waals surface area contributed by atoms with Crippen molar-refractivity contribution >= 4 is 5.97 Å². The van der Waals surface area contributed by atoms with E-state index >= 15 is 0 Å². The van der Waals surface area contributed by atoms with Gasteiger partial charge >= 0.3 is 5.97 Å². The molecule has 1 unspecified atom stereocenters. The second-order valence-electron chi connectivity index (χ2n) is 5.31. The van der Waals surface area contributed by atoms with Gasteiger partial charge in [0, 0.05) is 12.1 Å². The molecule has 0 aliphatic heterocycles. The molecule has 0 aromatic heterocycles. The molecule has 5 heteroatoms. The minimum absolute atomic E-state index is 0.0740. The second-order valence-corrected chi connectivity index (χ2v) is 5.31. The quantitative estimate of drug-likeness (QED) is 0.873. The third-order valence-electron chi connectivity index (χ3n) is 3.78. The highest BCUT2D eigenvalue weighted by molar-refractivity contribution is 5.73. The average molecular weight is 283 g/mol. The number of carboxylic acid groups (broad SMARTS) is 1. The summed E-state index contributed by atoms with van der Waals surface area (Å²) in [6.45, 7) is 1.93. The lowest BCUT2D eigenvalue weighted by Crippen LogP contribution is -2.45. The fourth-order valence-electron chi connectivity index (χ4n) is 2.78. The summed E-state index contributed by atoms with van der Waals surface area (Å²) in [7, 11) is 0. The molecule has 0 fully saturated rings. The van der Waals surface area contributed by atoms with Crippen molar-refractivity contribution in [2.75, 3.05) is 0 Å². The van der Waals surface area contributed by atoms with Gasteiger partial charge in [0.1, 0.15) is 17.7 Å². The minimum Gasteiger partial charge on any atom is -0.480 e. The van der Waals surface area contributed by atoms with E-state index in [1.54, 1.807) is 0 Å². The Balaban J connectivity index is 2.09. The standard InChI is InChI=1S/C15H19F2NO2/c1-2-3-14(15(19)20)18-11-5-4-9-6-10(16)7-13(17)12(9)8-11/h6-7,11,14,18H,2-5,8H2,1H3,(H,19,20)/t11-,14?/m0/s1. The lowest BCUT2D eigenvalue weighted by molar-refractivity contribution is -0.139. The van der Waals surface area contributed by atoms with E-state index in [0.29, 0.717) is 36.8 Å². The zero-order valence-electron chi connectivity index (χ0n) is 11.5. The number of carbonyl (C=O) groups is 1. The summed E-state index contributed by atoms with van der Waals surface area (Å²) in [5, 5.41) is 12.2. The summed E-state index contributed by atoms with van der Waals surface area (Å²) in [5.41, 5.74) is 1.21. The topological polar surface area (TPSA) is 49.3 Å². The van der Waals surface area contributed by atoms with Crippen molar-refractivity contribution in [3.8, 4) is 0 Å². The zero-order chi connectivity index (χ0) is 14.7. The summed E-state index contributed by atoms with van der Waals surface area (Å²) >= 11 is 0. The van der Waals surface area contributed by atoms with Gasteiger partial charge in [0.25, 0.3) is 0 Å². The number of fused-ring (bicyclic) bond motifs is 1. The number of halogens is 2. The summed E-state index contributed by atoms with van der Waals surface area (Å²) in [6, 6.07) is 1.59. The van der Waals surface area contributed by atoms with Crippen molar-refractivity contribution in [2.45, 2.75) is 51.1 Å². The first-order valence-corrected chi connectivity index (χ1v) is 6.97. The number of carboxylic acids is 1. The molecule has 1 aromatic carbocycles. The van der Waals surface area contributed by atoms with Gasteiger partial charge in [-0.3, -0.25) is 4.79 Å². The molecule has 2 rings (SSSR count). The highest BCUT2D eigenvalue weighted by Crippen LogP contribution is 2.25. The van der Waals surface area contributed by atoms with E-state index in [9.17, 15) is 13.6 Å². The lowest BCUT2D eigenvalue weighted by atomic mass is 9.87. The number of hydrogen-bond acceptors (Lipinski definition) is 2. The molecule has 1 aliphatic rings. The van der Waals surface area contributed by atoms with Crippen LogP contribution < -0.4 is 5.32 Å². The van der Waals surface area contributed by atoms with E-state index in [4.69, 9.17) is 5.11 Å².